The molecule has 0 fully saturated rings. The third-order valence-electron chi connectivity index (χ3n) is 4.00. The molecule has 1 aromatic carbocycles. The van der Waals surface area contributed by atoms with Gasteiger partial charge in [-0.1, -0.05) is 12.1 Å². The number of hydrogen-bond donors (Lipinski definition) is 2. The highest BCUT2D eigenvalue weighted by Crippen LogP contribution is 2.23. The summed E-state index contributed by atoms with van der Waals surface area (Å²) in [7, 11) is 0. The highest BCUT2D eigenvalue weighted by molar-refractivity contribution is 5.93. The van der Waals surface area contributed by atoms with Crippen LogP contribution in [0.3, 0.4) is 0 Å². The van der Waals surface area contributed by atoms with Crippen LogP contribution < -0.4 is 10.7 Å². The van der Waals surface area contributed by atoms with Crippen LogP contribution in [0, 0.1) is 13.8 Å². The number of fused-ring (bicyclic) bond motifs is 1. The van der Waals surface area contributed by atoms with E-state index in [2.05, 4.69) is 5.32 Å². The molecular formula is C19H19NO5. The van der Waals surface area contributed by atoms with Crippen LogP contribution in [-0.4, -0.2) is 17.6 Å². The molecule has 0 saturated heterocycles. The van der Waals surface area contributed by atoms with Crippen molar-refractivity contribution in [3.8, 4) is 0 Å². The van der Waals surface area contributed by atoms with Gasteiger partial charge in [0.15, 0.2) is 11.2 Å². The summed E-state index contributed by atoms with van der Waals surface area (Å²) in [6.45, 7) is 3.83. The fraction of sp³-hybridized carbons (Fsp3) is 0.263. The number of amides is 1. The molecule has 0 unspecified atom stereocenters. The maximum Gasteiger partial charge on any atom is 0.287 e. The summed E-state index contributed by atoms with van der Waals surface area (Å²) in [6, 6.07) is 9.72. The van der Waals surface area contributed by atoms with Crippen LogP contribution in [0.15, 0.2) is 50.0 Å². The zero-order valence-corrected chi connectivity index (χ0v) is 14.0. The molecule has 0 saturated carbocycles. The predicted molar refractivity (Wildman–Crippen MR) is 92.6 cm³/mol. The van der Waals surface area contributed by atoms with E-state index in [9.17, 15) is 14.7 Å². The summed E-state index contributed by atoms with van der Waals surface area (Å²) in [5, 5.41) is 13.3. The molecule has 2 heterocycles. The van der Waals surface area contributed by atoms with Gasteiger partial charge in [0.1, 0.15) is 17.1 Å². The van der Waals surface area contributed by atoms with Gasteiger partial charge in [0.05, 0.1) is 11.5 Å². The second-order valence-electron chi connectivity index (χ2n) is 5.90. The first-order valence-electron chi connectivity index (χ1n) is 8.02. The van der Waals surface area contributed by atoms with E-state index in [1.807, 2.05) is 6.92 Å². The quantitative estimate of drug-likeness (QED) is 0.744. The van der Waals surface area contributed by atoms with Crippen molar-refractivity contribution >= 4 is 16.9 Å². The SMILES string of the molecule is Cc1cc([C@@H](O)CCNC(=O)c2cc(=O)c3ccccc3o2)c(C)o1. The van der Waals surface area contributed by atoms with Crippen LogP contribution >= 0.6 is 0 Å². The Kier molecular flexibility index (Phi) is 4.72. The Morgan fingerprint density at radius 1 is 1.20 bits per heavy atom. The molecule has 3 rings (SSSR count). The summed E-state index contributed by atoms with van der Waals surface area (Å²) in [4.78, 5) is 24.2. The lowest BCUT2D eigenvalue weighted by atomic mass is 10.1. The van der Waals surface area contributed by atoms with Crippen molar-refractivity contribution in [3.63, 3.8) is 0 Å². The second kappa shape index (κ2) is 6.94. The topological polar surface area (TPSA) is 92.7 Å². The molecule has 25 heavy (non-hydrogen) atoms. The van der Waals surface area contributed by atoms with Gasteiger partial charge in [0.25, 0.3) is 5.91 Å². The zero-order chi connectivity index (χ0) is 18.0. The molecule has 0 aliphatic heterocycles. The van der Waals surface area contributed by atoms with Crippen molar-refractivity contribution < 1.29 is 18.7 Å². The number of carbonyl (C=O) groups is 1. The smallest absolute Gasteiger partial charge is 0.287 e. The van der Waals surface area contributed by atoms with Crippen molar-refractivity contribution in [3.05, 3.63) is 69.5 Å². The first-order chi connectivity index (χ1) is 12.0. The van der Waals surface area contributed by atoms with Crippen LogP contribution in [0.5, 0.6) is 0 Å². The van der Waals surface area contributed by atoms with Gasteiger partial charge in [-0.05, 0) is 38.5 Å². The minimum absolute atomic E-state index is 0.0477. The average molecular weight is 341 g/mol. The second-order valence-corrected chi connectivity index (χ2v) is 5.90. The molecule has 0 bridgehead atoms. The predicted octanol–water partition coefficient (Wildman–Crippen LogP) is 2.86. The molecule has 1 atom stereocenters. The van der Waals surface area contributed by atoms with Crippen LogP contribution in [0.2, 0.25) is 0 Å². The van der Waals surface area contributed by atoms with E-state index in [4.69, 9.17) is 8.83 Å². The number of carbonyl (C=O) groups excluding carboxylic acids is 1. The van der Waals surface area contributed by atoms with Gasteiger partial charge in [-0.3, -0.25) is 9.59 Å². The van der Waals surface area contributed by atoms with Gasteiger partial charge in [0.2, 0.25) is 0 Å². The molecular weight excluding hydrogens is 322 g/mol. The molecule has 3 aromatic rings. The van der Waals surface area contributed by atoms with E-state index in [1.54, 1.807) is 37.3 Å². The largest absolute Gasteiger partial charge is 0.466 e. The number of aliphatic hydroxyl groups excluding tert-OH is 1. The normalized spacial score (nSPS) is 12.3. The van der Waals surface area contributed by atoms with Gasteiger partial charge in [-0.2, -0.15) is 0 Å². The Bertz CT molecular complexity index is 969. The lowest BCUT2D eigenvalue weighted by molar-refractivity contribution is 0.0915. The van der Waals surface area contributed by atoms with Crippen LogP contribution in [0.25, 0.3) is 11.0 Å². The maximum atomic E-state index is 12.2. The van der Waals surface area contributed by atoms with Crippen molar-refractivity contribution in [2.75, 3.05) is 6.54 Å². The molecule has 0 spiro atoms. The molecule has 0 radical (unpaired) electrons. The molecule has 130 valence electrons. The van der Waals surface area contributed by atoms with E-state index in [0.717, 1.165) is 5.76 Å². The number of furan rings is 1. The number of rotatable bonds is 5. The molecule has 6 nitrogen and oxygen atoms in total. The Hall–Kier alpha value is -2.86. The first kappa shape index (κ1) is 17.0. The van der Waals surface area contributed by atoms with Gasteiger partial charge < -0.3 is 19.3 Å². The summed E-state index contributed by atoms with van der Waals surface area (Å²) >= 11 is 0. The van der Waals surface area contributed by atoms with Crippen molar-refractivity contribution in [2.45, 2.75) is 26.4 Å². The van der Waals surface area contributed by atoms with E-state index < -0.39 is 12.0 Å². The van der Waals surface area contributed by atoms with Gasteiger partial charge in [0, 0.05) is 18.2 Å². The Morgan fingerprint density at radius 2 is 1.96 bits per heavy atom. The third-order valence-corrected chi connectivity index (χ3v) is 4.00. The summed E-state index contributed by atoms with van der Waals surface area (Å²) < 4.78 is 10.9. The Balaban J connectivity index is 1.65. The molecule has 1 amide bonds. The third kappa shape index (κ3) is 3.64. The fourth-order valence-electron chi connectivity index (χ4n) is 2.76. The van der Waals surface area contributed by atoms with E-state index >= 15 is 0 Å². The molecule has 0 aliphatic rings. The lowest BCUT2D eigenvalue weighted by Crippen LogP contribution is -2.26. The lowest BCUT2D eigenvalue weighted by Gasteiger charge is -2.10. The summed E-state index contributed by atoms with van der Waals surface area (Å²) in [5.41, 5.74) is 0.810. The highest BCUT2D eigenvalue weighted by Gasteiger charge is 2.16. The van der Waals surface area contributed by atoms with E-state index in [0.29, 0.717) is 28.7 Å². The van der Waals surface area contributed by atoms with Gasteiger partial charge >= 0.3 is 0 Å². The number of benzene rings is 1. The number of aryl methyl sites for hydroxylation is 2. The summed E-state index contributed by atoms with van der Waals surface area (Å²) in [5.74, 6) is 0.856. The van der Waals surface area contributed by atoms with E-state index in [1.165, 1.54) is 6.07 Å². The van der Waals surface area contributed by atoms with Gasteiger partial charge in [-0.25, -0.2) is 0 Å². The standard InChI is InChI=1S/C19H19NO5/c1-11-9-14(12(2)24-11)15(21)7-8-20-19(23)18-10-16(22)13-5-3-4-6-17(13)25-18/h3-6,9-10,15,21H,7-8H2,1-2H3,(H,20,23)/t15-/m0/s1. The maximum absolute atomic E-state index is 12.2. The van der Waals surface area contributed by atoms with Gasteiger partial charge in [-0.15, -0.1) is 0 Å². The Labute approximate surface area is 144 Å². The number of hydrogen-bond acceptors (Lipinski definition) is 5. The van der Waals surface area contributed by atoms with Crippen molar-refractivity contribution in [1.29, 1.82) is 0 Å². The number of aliphatic hydroxyl groups is 1. The minimum Gasteiger partial charge on any atom is -0.466 e. The molecule has 2 aromatic heterocycles. The van der Waals surface area contributed by atoms with Crippen molar-refractivity contribution in [2.24, 2.45) is 0 Å². The van der Waals surface area contributed by atoms with Crippen LogP contribution in [-0.2, 0) is 0 Å². The zero-order valence-electron chi connectivity index (χ0n) is 14.0. The van der Waals surface area contributed by atoms with Crippen LogP contribution in [0.4, 0.5) is 0 Å². The number of nitrogens with one attached hydrogen (secondary N) is 1. The molecule has 0 aliphatic carbocycles. The first-order valence-corrected chi connectivity index (χ1v) is 8.02. The molecule has 2 N–H and O–H groups in total. The monoisotopic (exact) mass is 341 g/mol. The minimum atomic E-state index is -0.735. The van der Waals surface area contributed by atoms with Crippen molar-refractivity contribution in [1.82, 2.24) is 5.32 Å². The van der Waals surface area contributed by atoms with E-state index in [-0.39, 0.29) is 17.7 Å². The van der Waals surface area contributed by atoms with Crippen LogP contribution in [0.1, 0.15) is 40.2 Å². The average Bonchev–Trinajstić information content (AvgIpc) is 2.93. The molecule has 6 heteroatoms. The highest BCUT2D eigenvalue weighted by atomic mass is 16.3. The fourth-order valence-corrected chi connectivity index (χ4v) is 2.76. The summed E-state index contributed by atoms with van der Waals surface area (Å²) in [6.07, 6.45) is -0.412. The number of para-hydroxylation sites is 1. The Morgan fingerprint density at radius 3 is 2.68 bits per heavy atom.